The maximum atomic E-state index is 12.5. The molecule has 8 heteroatoms. The summed E-state index contributed by atoms with van der Waals surface area (Å²) in [5.74, 6) is -0.846. The summed E-state index contributed by atoms with van der Waals surface area (Å²) in [6.45, 7) is 3.61. The van der Waals surface area contributed by atoms with Gasteiger partial charge in [-0.05, 0) is 50.2 Å². The minimum Gasteiger partial charge on any atom is -0.462 e. The van der Waals surface area contributed by atoms with Crippen LogP contribution < -0.4 is 5.32 Å². The van der Waals surface area contributed by atoms with Crippen molar-refractivity contribution in [1.29, 1.82) is 0 Å². The van der Waals surface area contributed by atoms with Gasteiger partial charge in [-0.25, -0.2) is 4.79 Å². The van der Waals surface area contributed by atoms with Crippen LogP contribution in [0.1, 0.15) is 50.9 Å². The van der Waals surface area contributed by atoms with Gasteiger partial charge < -0.3 is 15.0 Å². The highest BCUT2D eigenvalue weighted by Gasteiger charge is 2.28. The van der Waals surface area contributed by atoms with Crippen molar-refractivity contribution in [2.24, 2.45) is 0 Å². The second kappa shape index (κ2) is 9.52. The first kappa shape index (κ1) is 21.5. The Kier molecular flexibility index (Phi) is 7.05. The number of ether oxygens (including phenoxy) is 1. The van der Waals surface area contributed by atoms with Crippen LogP contribution in [0, 0.1) is 0 Å². The molecule has 1 aromatic carbocycles. The highest BCUT2D eigenvalue weighted by molar-refractivity contribution is 7.17. The van der Waals surface area contributed by atoms with Crippen molar-refractivity contribution in [1.82, 2.24) is 4.90 Å². The Labute approximate surface area is 178 Å². The minimum absolute atomic E-state index is 0.0339. The van der Waals surface area contributed by atoms with Crippen molar-refractivity contribution in [2.75, 3.05) is 25.5 Å². The van der Waals surface area contributed by atoms with E-state index in [1.807, 2.05) is 7.05 Å². The van der Waals surface area contributed by atoms with Gasteiger partial charge >= 0.3 is 5.97 Å². The van der Waals surface area contributed by atoms with Gasteiger partial charge in [-0.1, -0.05) is 11.6 Å². The molecule has 2 aromatic rings. The Hall–Kier alpha value is -2.22. The zero-order chi connectivity index (χ0) is 21.0. The molecule has 1 amide bonds. The van der Waals surface area contributed by atoms with Crippen LogP contribution in [-0.4, -0.2) is 42.8 Å². The predicted molar refractivity (Wildman–Crippen MR) is 114 cm³/mol. The molecule has 1 aromatic heterocycles. The van der Waals surface area contributed by atoms with Crippen LogP contribution in [-0.2, 0) is 22.5 Å². The molecule has 29 heavy (non-hydrogen) atoms. The number of amides is 1. The van der Waals surface area contributed by atoms with Gasteiger partial charge in [0.05, 0.1) is 12.2 Å². The van der Waals surface area contributed by atoms with Crippen LogP contribution in [0.5, 0.6) is 0 Å². The van der Waals surface area contributed by atoms with Gasteiger partial charge in [0.25, 0.3) is 0 Å². The van der Waals surface area contributed by atoms with Crippen molar-refractivity contribution in [3.63, 3.8) is 0 Å². The first-order chi connectivity index (χ1) is 13.9. The molecule has 0 unspecified atom stereocenters. The third-order valence-electron chi connectivity index (χ3n) is 4.73. The molecule has 1 N–H and O–H groups in total. The van der Waals surface area contributed by atoms with Gasteiger partial charge in [0.15, 0.2) is 5.78 Å². The quantitative estimate of drug-likeness (QED) is 0.523. The number of hydrogen-bond acceptors (Lipinski definition) is 6. The number of nitrogens with zero attached hydrogens (tertiary/aromatic N) is 1. The van der Waals surface area contributed by atoms with E-state index >= 15 is 0 Å². The molecule has 3 rings (SSSR count). The summed E-state index contributed by atoms with van der Waals surface area (Å²) in [6, 6.07) is 6.58. The molecule has 0 atom stereocenters. The van der Waals surface area contributed by atoms with Gasteiger partial charge in [0.2, 0.25) is 5.91 Å². The summed E-state index contributed by atoms with van der Waals surface area (Å²) in [4.78, 5) is 40.5. The number of rotatable bonds is 7. The van der Waals surface area contributed by atoms with Crippen molar-refractivity contribution in [3.05, 3.63) is 50.9 Å². The molecule has 154 valence electrons. The SMILES string of the molecule is CCOC(=O)c1c(NC(=O)CCC(=O)c2ccc(Cl)cc2)sc2c1CCN(C)C2. The maximum absolute atomic E-state index is 12.5. The Morgan fingerprint density at radius 3 is 2.62 bits per heavy atom. The number of nitrogens with one attached hydrogen (secondary N) is 1. The van der Waals surface area contributed by atoms with Gasteiger partial charge in [0.1, 0.15) is 5.00 Å². The molecule has 0 saturated heterocycles. The van der Waals surface area contributed by atoms with E-state index in [0.29, 0.717) is 21.2 Å². The Bertz CT molecular complexity index is 924. The van der Waals surface area contributed by atoms with Crippen molar-refractivity contribution in [2.45, 2.75) is 32.7 Å². The van der Waals surface area contributed by atoms with Crippen LogP contribution >= 0.6 is 22.9 Å². The Morgan fingerprint density at radius 2 is 1.93 bits per heavy atom. The maximum Gasteiger partial charge on any atom is 0.341 e. The lowest BCUT2D eigenvalue weighted by Gasteiger charge is -2.22. The zero-order valence-electron chi connectivity index (χ0n) is 16.4. The number of carbonyl (C=O) groups is 3. The topological polar surface area (TPSA) is 75.7 Å². The fourth-order valence-corrected chi connectivity index (χ4v) is 4.69. The van der Waals surface area contributed by atoms with Gasteiger partial charge in [-0.2, -0.15) is 0 Å². The number of ketones is 1. The predicted octanol–water partition coefficient (Wildman–Crippen LogP) is 4.17. The number of Topliss-reactive ketones (excluding diaryl/α,β-unsaturated/α-hetero) is 1. The van der Waals surface area contributed by atoms with E-state index in [0.717, 1.165) is 30.0 Å². The number of esters is 1. The van der Waals surface area contributed by atoms with Crippen molar-refractivity contribution in [3.8, 4) is 0 Å². The number of benzene rings is 1. The zero-order valence-corrected chi connectivity index (χ0v) is 18.0. The number of halogens is 1. The number of hydrogen-bond donors (Lipinski definition) is 1. The summed E-state index contributed by atoms with van der Waals surface area (Å²) in [5.41, 5.74) is 1.93. The average Bonchev–Trinajstić information content (AvgIpc) is 3.03. The summed E-state index contributed by atoms with van der Waals surface area (Å²) >= 11 is 7.24. The fourth-order valence-electron chi connectivity index (χ4n) is 3.23. The van der Waals surface area contributed by atoms with E-state index in [9.17, 15) is 14.4 Å². The molecule has 0 bridgehead atoms. The van der Waals surface area contributed by atoms with E-state index in [2.05, 4.69) is 10.2 Å². The summed E-state index contributed by atoms with van der Waals surface area (Å²) in [5, 5.41) is 3.89. The lowest BCUT2D eigenvalue weighted by Crippen LogP contribution is -2.26. The number of likely N-dealkylation sites (N-methyl/N-ethyl adjacent to an activating group) is 1. The Balaban J connectivity index is 1.70. The lowest BCUT2D eigenvalue weighted by atomic mass is 10.0. The van der Waals surface area contributed by atoms with E-state index in [-0.39, 0.29) is 31.1 Å². The first-order valence-electron chi connectivity index (χ1n) is 9.47. The summed E-state index contributed by atoms with van der Waals surface area (Å²) in [7, 11) is 2.02. The monoisotopic (exact) mass is 434 g/mol. The molecule has 0 fully saturated rings. The highest BCUT2D eigenvalue weighted by atomic mass is 35.5. The second-order valence-electron chi connectivity index (χ2n) is 6.89. The number of carbonyl (C=O) groups excluding carboxylic acids is 3. The molecule has 1 aliphatic rings. The molecule has 0 spiro atoms. The van der Waals surface area contributed by atoms with E-state index in [4.69, 9.17) is 16.3 Å². The smallest absolute Gasteiger partial charge is 0.341 e. The molecule has 0 radical (unpaired) electrons. The Morgan fingerprint density at radius 1 is 1.21 bits per heavy atom. The molecule has 2 heterocycles. The van der Waals surface area contributed by atoms with Gasteiger partial charge in [-0.15, -0.1) is 11.3 Å². The number of thiophene rings is 1. The standard InChI is InChI=1S/C21H23ClN2O4S/c1-3-28-21(27)19-15-10-11-24(2)12-17(15)29-20(19)23-18(26)9-8-16(25)13-4-6-14(22)7-5-13/h4-7H,3,8-12H2,1-2H3,(H,23,26). The van der Waals surface area contributed by atoms with E-state index in [1.165, 1.54) is 11.3 Å². The third kappa shape index (κ3) is 5.23. The highest BCUT2D eigenvalue weighted by Crippen LogP contribution is 2.37. The summed E-state index contributed by atoms with van der Waals surface area (Å²) in [6.07, 6.45) is 0.851. The third-order valence-corrected chi connectivity index (χ3v) is 6.11. The van der Waals surface area contributed by atoms with E-state index < -0.39 is 5.97 Å². The van der Waals surface area contributed by atoms with Crippen LogP contribution in [0.3, 0.4) is 0 Å². The van der Waals surface area contributed by atoms with Crippen molar-refractivity contribution >= 4 is 45.6 Å². The minimum atomic E-state index is -0.415. The number of anilines is 1. The summed E-state index contributed by atoms with van der Waals surface area (Å²) < 4.78 is 5.21. The van der Waals surface area contributed by atoms with Gasteiger partial charge in [-0.3, -0.25) is 9.59 Å². The normalized spacial score (nSPS) is 13.6. The largest absolute Gasteiger partial charge is 0.462 e. The van der Waals surface area contributed by atoms with Gasteiger partial charge in [0, 0.05) is 41.4 Å². The van der Waals surface area contributed by atoms with Crippen LogP contribution in [0.4, 0.5) is 5.00 Å². The van der Waals surface area contributed by atoms with E-state index in [1.54, 1.807) is 31.2 Å². The molecule has 6 nitrogen and oxygen atoms in total. The van der Waals surface area contributed by atoms with Crippen molar-refractivity contribution < 1.29 is 19.1 Å². The van der Waals surface area contributed by atoms with Crippen LogP contribution in [0.2, 0.25) is 5.02 Å². The van der Waals surface area contributed by atoms with Crippen LogP contribution in [0.15, 0.2) is 24.3 Å². The molecule has 1 aliphatic heterocycles. The first-order valence-corrected chi connectivity index (χ1v) is 10.7. The number of fused-ring (bicyclic) bond motifs is 1. The second-order valence-corrected chi connectivity index (χ2v) is 8.44. The van der Waals surface area contributed by atoms with Crippen LogP contribution in [0.25, 0.3) is 0 Å². The molecule has 0 saturated carbocycles. The average molecular weight is 435 g/mol. The molecular weight excluding hydrogens is 412 g/mol. The fraction of sp³-hybridized carbons (Fsp3) is 0.381. The lowest BCUT2D eigenvalue weighted by molar-refractivity contribution is -0.116. The molecular formula is C21H23ClN2O4S. The molecule has 0 aliphatic carbocycles.